The highest BCUT2D eigenvalue weighted by atomic mass is 35.5. The first-order valence-electron chi connectivity index (χ1n) is 11.4. The molecule has 0 spiro atoms. The van der Waals surface area contributed by atoms with Gasteiger partial charge >= 0.3 is 0 Å². The van der Waals surface area contributed by atoms with Gasteiger partial charge in [0.05, 0.1) is 11.9 Å². The lowest BCUT2D eigenvalue weighted by molar-refractivity contribution is -0.141. The van der Waals surface area contributed by atoms with E-state index in [1.54, 1.807) is 49.4 Å². The van der Waals surface area contributed by atoms with E-state index in [9.17, 15) is 18.0 Å². The Hall–Kier alpha value is -2.00. The minimum absolute atomic E-state index is 0.0258. The molecule has 1 unspecified atom stereocenters. The molecule has 2 rings (SSSR count). The molecule has 0 bridgehead atoms. The largest absolute Gasteiger partial charge is 0.350 e. The average Bonchev–Trinajstić information content (AvgIpc) is 2.74. The summed E-state index contributed by atoms with van der Waals surface area (Å²) in [4.78, 5) is 27.7. The summed E-state index contributed by atoms with van der Waals surface area (Å²) in [7, 11) is -3.59. The molecule has 2 amide bonds. The predicted octanol–water partition coefficient (Wildman–Crippen LogP) is 5.53. The quantitative estimate of drug-likeness (QED) is 0.403. The maximum atomic E-state index is 13.3. The van der Waals surface area contributed by atoms with Crippen LogP contribution in [0.3, 0.4) is 0 Å². The number of anilines is 1. The van der Waals surface area contributed by atoms with Gasteiger partial charge in [0.2, 0.25) is 21.8 Å². The fourth-order valence-corrected chi connectivity index (χ4v) is 5.06. The maximum Gasteiger partial charge on any atom is 0.242 e. The van der Waals surface area contributed by atoms with Gasteiger partial charge in [-0.3, -0.25) is 13.9 Å². The van der Waals surface area contributed by atoms with Gasteiger partial charge in [0.15, 0.2) is 0 Å². The van der Waals surface area contributed by atoms with Crippen LogP contribution in [-0.4, -0.2) is 49.5 Å². The molecule has 2 aromatic carbocycles. The van der Waals surface area contributed by atoms with Gasteiger partial charge in [0.25, 0.3) is 0 Å². The molecular weight excluding hydrogens is 545 g/mol. The Balaban J connectivity index is 2.22. The van der Waals surface area contributed by atoms with E-state index in [2.05, 4.69) is 5.32 Å². The first kappa shape index (κ1) is 30.2. The monoisotopic (exact) mass is 575 g/mol. The third-order valence-corrected chi connectivity index (χ3v) is 7.32. The smallest absolute Gasteiger partial charge is 0.242 e. The van der Waals surface area contributed by atoms with Gasteiger partial charge in [-0.05, 0) is 76.1 Å². The second-order valence-electron chi connectivity index (χ2n) is 9.59. The highest BCUT2D eigenvalue weighted by molar-refractivity contribution is 7.92. The van der Waals surface area contributed by atoms with Crippen molar-refractivity contribution in [2.45, 2.75) is 58.7 Å². The summed E-state index contributed by atoms with van der Waals surface area (Å²) in [6, 6.07) is 10.6. The van der Waals surface area contributed by atoms with Gasteiger partial charge in [-0.2, -0.15) is 0 Å². The van der Waals surface area contributed by atoms with Gasteiger partial charge in [0, 0.05) is 40.1 Å². The van der Waals surface area contributed by atoms with Crippen LogP contribution in [0.5, 0.6) is 0 Å². The van der Waals surface area contributed by atoms with E-state index in [0.717, 1.165) is 6.26 Å². The van der Waals surface area contributed by atoms with Gasteiger partial charge in [-0.15, -0.1) is 0 Å². The van der Waals surface area contributed by atoms with Crippen LogP contribution >= 0.6 is 34.8 Å². The number of rotatable bonds is 10. The van der Waals surface area contributed by atoms with Gasteiger partial charge in [-0.1, -0.05) is 40.9 Å². The normalized spacial score (nSPS) is 12.7. The zero-order valence-electron chi connectivity index (χ0n) is 21.0. The fraction of sp³-hybridized carbons (Fsp3) is 0.440. The Labute approximate surface area is 228 Å². The van der Waals surface area contributed by atoms with Crippen LogP contribution in [0.15, 0.2) is 42.5 Å². The molecule has 0 heterocycles. The number of sulfonamides is 1. The number of amides is 2. The van der Waals surface area contributed by atoms with Crippen LogP contribution in [0.2, 0.25) is 15.1 Å². The van der Waals surface area contributed by atoms with E-state index in [1.807, 2.05) is 20.8 Å². The van der Waals surface area contributed by atoms with E-state index in [4.69, 9.17) is 34.8 Å². The Morgan fingerprint density at radius 3 is 2.11 bits per heavy atom. The molecule has 1 atom stereocenters. The minimum atomic E-state index is -3.59. The number of nitrogens with zero attached hydrogens (tertiary/aromatic N) is 2. The van der Waals surface area contributed by atoms with Gasteiger partial charge < -0.3 is 10.2 Å². The number of nitrogens with one attached hydrogen (secondary N) is 1. The van der Waals surface area contributed by atoms with Crippen molar-refractivity contribution < 1.29 is 18.0 Å². The van der Waals surface area contributed by atoms with Gasteiger partial charge in [0.1, 0.15) is 6.04 Å². The molecule has 0 fully saturated rings. The van der Waals surface area contributed by atoms with Crippen LogP contribution in [0, 0.1) is 0 Å². The van der Waals surface area contributed by atoms with Crippen LogP contribution in [-0.2, 0) is 26.2 Å². The molecular formula is C25H32Cl3N3O4S. The number of benzene rings is 2. The van der Waals surface area contributed by atoms with E-state index < -0.39 is 21.6 Å². The van der Waals surface area contributed by atoms with Crippen molar-refractivity contribution in [3.8, 4) is 0 Å². The summed E-state index contributed by atoms with van der Waals surface area (Å²) in [5, 5.41) is 4.23. The SMILES string of the molecule is CC(C(=O)NC(C)(C)C)N(Cc1ccc(Cl)cc1Cl)C(=O)CCCN(c1ccc(Cl)cc1)S(C)(=O)=O. The number of hydrogen-bond acceptors (Lipinski definition) is 4. The minimum Gasteiger partial charge on any atom is -0.350 e. The molecule has 2 aromatic rings. The van der Waals surface area contributed by atoms with Crippen LogP contribution in [0.25, 0.3) is 0 Å². The summed E-state index contributed by atoms with van der Waals surface area (Å²) < 4.78 is 26.0. The highest BCUT2D eigenvalue weighted by Crippen LogP contribution is 2.25. The standard InChI is InChI=1S/C25H32Cl3N3O4S/c1-17(24(33)29-25(2,3)4)30(16-18-8-9-20(27)15-22(18)28)23(32)7-6-14-31(36(5,34)35)21-12-10-19(26)11-13-21/h8-13,15,17H,6-7,14,16H2,1-5H3,(H,29,33). The third kappa shape index (κ3) is 9.14. The second kappa shape index (κ2) is 12.5. The van der Waals surface area contributed by atoms with Gasteiger partial charge in [-0.25, -0.2) is 8.42 Å². The zero-order chi connectivity index (χ0) is 27.3. The van der Waals surface area contributed by atoms with E-state index >= 15 is 0 Å². The van der Waals surface area contributed by atoms with E-state index in [0.29, 0.717) is 26.3 Å². The molecule has 0 aliphatic rings. The molecule has 0 aliphatic carbocycles. The maximum absolute atomic E-state index is 13.3. The number of hydrogen-bond donors (Lipinski definition) is 1. The molecule has 36 heavy (non-hydrogen) atoms. The van der Waals surface area contributed by atoms with Crippen molar-refractivity contribution in [1.82, 2.24) is 10.2 Å². The lowest BCUT2D eigenvalue weighted by Gasteiger charge is -2.32. The molecule has 1 N–H and O–H groups in total. The van der Waals surface area contributed by atoms with Crippen LogP contribution in [0.1, 0.15) is 46.1 Å². The van der Waals surface area contributed by atoms with Crippen molar-refractivity contribution in [3.63, 3.8) is 0 Å². The summed E-state index contributed by atoms with van der Waals surface area (Å²) in [5.74, 6) is -0.609. The predicted molar refractivity (Wildman–Crippen MR) is 147 cm³/mol. The van der Waals surface area contributed by atoms with E-state index in [-0.39, 0.29) is 37.7 Å². The summed E-state index contributed by atoms with van der Waals surface area (Å²) in [6.07, 6.45) is 1.38. The number of carbonyl (C=O) groups is 2. The summed E-state index contributed by atoms with van der Waals surface area (Å²) in [6.45, 7) is 7.41. The molecule has 0 aromatic heterocycles. The Morgan fingerprint density at radius 1 is 1.00 bits per heavy atom. The third-order valence-electron chi connectivity index (χ3n) is 5.29. The van der Waals surface area contributed by atoms with Crippen molar-refractivity contribution in [3.05, 3.63) is 63.1 Å². The van der Waals surface area contributed by atoms with E-state index in [1.165, 1.54) is 9.21 Å². The molecule has 198 valence electrons. The topological polar surface area (TPSA) is 86.8 Å². The summed E-state index contributed by atoms with van der Waals surface area (Å²) >= 11 is 18.3. The highest BCUT2D eigenvalue weighted by Gasteiger charge is 2.29. The van der Waals surface area contributed by atoms with Crippen molar-refractivity contribution in [1.29, 1.82) is 0 Å². The Kier molecular flexibility index (Phi) is 10.5. The molecule has 7 nitrogen and oxygen atoms in total. The lowest BCUT2D eigenvalue weighted by atomic mass is 10.1. The fourth-order valence-electron chi connectivity index (χ4n) is 3.50. The zero-order valence-corrected chi connectivity index (χ0v) is 24.1. The molecule has 0 radical (unpaired) electrons. The molecule has 0 aliphatic heterocycles. The Morgan fingerprint density at radius 2 is 1.58 bits per heavy atom. The lowest BCUT2D eigenvalue weighted by Crippen LogP contribution is -2.52. The van der Waals surface area contributed by atoms with Crippen LogP contribution < -0.4 is 9.62 Å². The first-order valence-corrected chi connectivity index (χ1v) is 14.4. The van der Waals surface area contributed by atoms with Crippen molar-refractivity contribution in [2.24, 2.45) is 0 Å². The number of carbonyl (C=O) groups excluding carboxylic acids is 2. The molecule has 0 saturated heterocycles. The average molecular weight is 577 g/mol. The Bertz CT molecular complexity index is 1180. The molecule has 11 heteroatoms. The molecule has 0 saturated carbocycles. The number of halogens is 3. The first-order chi connectivity index (χ1) is 16.6. The van der Waals surface area contributed by atoms with Crippen molar-refractivity contribution in [2.75, 3.05) is 17.1 Å². The summed E-state index contributed by atoms with van der Waals surface area (Å²) in [5.41, 5.74) is 0.618. The second-order valence-corrected chi connectivity index (χ2v) is 12.8. The van der Waals surface area contributed by atoms with Crippen LogP contribution in [0.4, 0.5) is 5.69 Å². The van der Waals surface area contributed by atoms with Crippen molar-refractivity contribution >= 4 is 62.3 Å².